The van der Waals surface area contributed by atoms with Crippen LogP contribution in [0.25, 0.3) is 0 Å². The molecule has 1 unspecified atom stereocenters. The summed E-state index contributed by atoms with van der Waals surface area (Å²) in [5.74, 6) is 0. The van der Waals surface area contributed by atoms with Gasteiger partial charge in [0.15, 0.2) is 0 Å². The van der Waals surface area contributed by atoms with Crippen molar-refractivity contribution in [3.05, 3.63) is 59.9 Å². The van der Waals surface area contributed by atoms with Crippen molar-refractivity contribution in [1.29, 1.82) is 0 Å². The summed E-state index contributed by atoms with van der Waals surface area (Å²) in [5.41, 5.74) is 1.92. The Morgan fingerprint density at radius 3 is 2.35 bits per heavy atom. The van der Waals surface area contributed by atoms with Gasteiger partial charge in [0.25, 0.3) is 0 Å². The largest absolute Gasteiger partial charge is 0.334 e. The van der Waals surface area contributed by atoms with E-state index in [1.807, 2.05) is 40.7 Å². The summed E-state index contributed by atoms with van der Waals surface area (Å²) >= 11 is 0. The molecule has 2 aromatic rings. The van der Waals surface area contributed by atoms with Crippen LogP contribution in [0.15, 0.2) is 53.7 Å². The number of pyridine rings is 1. The third-order valence-electron chi connectivity index (χ3n) is 4.30. The molecule has 2 amide bonds. The van der Waals surface area contributed by atoms with Gasteiger partial charge in [0.2, 0.25) is 0 Å². The van der Waals surface area contributed by atoms with E-state index in [-0.39, 0.29) is 6.03 Å². The smallest absolute Gasteiger partial charge is 0.315 e. The first kappa shape index (κ1) is 18.5. The van der Waals surface area contributed by atoms with Crippen LogP contribution in [0, 0.1) is 0 Å². The highest BCUT2D eigenvalue weighted by atomic mass is 32.2. The maximum absolute atomic E-state index is 12.5. The molecule has 1 aliphatic heterocycles. The van der Waals surface area contributed by atoms with E-state index in [1.54, 1.807) is 12.4 Å². The maximum Gasteiger partial charge on any atom is 0.315 e. The SMILES string of the molecule is O=C(NCc1ccc(S(=O)N2CCCCC2)cc1)NCc1cccnc1. The molecule has 3 rings (SSSR count). The molecule has 0 aliphatic carbocycles. The molecule has 7 heteroatoms. The van der Waals surface area contributed by atoms with E-state index in [0.29, 0.717) is 13.1 Å². The molecule has 0 saturated carbocycles. The zero-order valence-corrected chi connectivity index (χ0v) is 15.5. The predicted octanol–water partition coefficient (Wildman–Crippen LogP) is 2.59. The van der Waals surface area contributed by atoms with Crippen LogP contribution in [0.3, 0.4) is 0 Å². The summed E-state index contributed by atoms with van der Waals surface area (Å²) in [6.45, 7) is 2.66. The Morgan fingerprint density at radius 2 is 1.69 bits per heavy atom. The van der Waals surface area contributed by atoms with Crippen LogP contribution in [0.5, 0.6) is 0 Å². The summed E-state index contributed by atoms with van der Waals surface area (Å²) in [6, 6.07) is 11.1. The van der Waals surface area contributed by atoms with Gasteiger partial charge in [-0.15, -0.1) is 0 Å². The third kappa shape index (κ3) is 5.37. The Balaban J connectivity index is 1.45. The van der Waals surface area contributed by atoms with Gasteiger partial charge in [-0.2, -0.15) is 0 Å². The molecule has 26 heavy (non-hydrogen) atoms. The third-order valence-corrected chi connectivity index (χ3v) is 5.81. The molecule has 1 saturated heterocycles. The van der Waals surface area contributed by atoms with Gasteiger partial charge in [-0.1, -0.05) is 24.6 Å². The van der Waals surface area contributed by atoms with Crippen molar-refractivity contribution in [2.24, 2.45) is 0 Å². The Labute approximate surface area is 156 Å². The van der Waals surface area contributed by atoms with Crippen molar-refractivity contribution in [2.45, 2.75) is 37.2 Å². The number of rotatable bonds is 6. The van der Waals surface area contributed by atoms with Gasteiger partial charge in [0.05, 0.1) is 4.90 Å². The van der Waals surface area contributed by atoms with E-state index in [0.717, 1.165) is 42.0 Å². The minimum absolute atomic E-state index is 0.227. The molecule has 1 fully saturated rings. The van der Waals surface area contributed by atoms with Crippen LogP contribution in [0.2, 0.25) is 0 Å². The zero-order valence-electron chi connectivity index (χ0n) is 14.7. The van der Waals surface area contributed by atoms with Crippen molar-refractivity contribution < 1.29 is 9.00 Å². The Morgan fingerprint density at radius 1 is 1.00 bits per heavy atom. The number of urea groups is 1. The average Bonchev–Trinajstić information content (AvgIpc) is 2.72. The van der Waals surface area contributed by atoms with Crippen LogP contribution in [-0.2, 0) is 24.1 Å². The first-order valence-corrected chi connectivity index (χ1v) is 9.99. The first-order valence-electron chi connectivity index (χ1n) is 8.89. The summed E-state index contributed by atoms with van der Waals surface area (Å²) in [4.78, 5) is 16.7. The molecule has 0 bridgehead atoms. The highest BCUT2D eigenvalue weighted by molar-refractivity contribution is 7.82. The molecule has 1 aromatic carbocycles. The number of benzene rings is 1. The standard InChI is InChI=1S/C19H24N4O2S/c24-19(22-15-17-5-4-10-20-13-17)21-14-16-6-8-18(9-7-16)26(25)23-11-2-1-3-12-23/h4-10,13H,1-3,11-12,14-15H2,(H2,21,22,24). The van der Waals surface area contributed by atoms with Crippen LogP contribution >= 0.6 is 0 Å². The van der Waals surface area contributed by atoms with E-state index in [1.165, 1.54) is 6.42 Å². The van der Waals surface area contributed by atoms with Gasteiger partial charge in [-0.05, 0) is 42.2 Å². The summed E-state index contributed by atoms with van der Waals surface area (Å²) in [6.07, 6.45) is 6.87. The monoisotopic (exact) mass is 372 g/mol. The van der Waals surface area contributed by atoms with Crippen LogP contribution in [0.1, 0.15) is 30.4 Å². The van der Waals surface area contributed by atoms with Gasteiger partial charge in [-0.3, -0.25) is 4.98 Å². The van der Waals surface area contributed by atoms with E-state index in [2.05, 4.69) is 15.6 Å². The zero-order chi connectivity index (χ0) is 18.2. The number of hydrogen-bond donors (Lipinski definition) is 2. The minimum Gasteiger partial charge on any atom is -0.334 e. The number of carbonyl (C=O) groups is 1. The summed E-state index contributed by atoms with van der Waals surface area (Å²) < 4.78 is 14.6. The number of amides is 2. The second kappa shape index (κ2) is 9.45. The quantitative estimate of drug-likeness (QED) is 0.818. The van der Waals surface area contributed by atoms with Crippen molar-refractivity contribution in [3.8, 4) is 0 Å². The van der Waals surface area contributed by atoms with Crippen molar-refractivity contribution in [3.63, 3.8) is 0 Å². The highest BCUT2D eigenvalue weighted by Gasteiger charge is 2.17. The molecule has 2 heterocycles. The second-order valence-corrected chi connectivity index (χ2v) is 7.77. The number of hydrogen-bond acceptors (Lipinski definition) is 3. The number of piperidine rings is 1. The van der Waals surface area contributed by atoms with Crippen LogP contribution in [-0.4, -0.2) is 32.6 Å². The van der Waals surface area contributed by atoms with Gasteiger partial charge >= 0.3 is 6.03 Å². The molecular formula is C19H24N4O2S. The minimum atomic E-state index is -1.09. The van der Waals surface area contributed by atoms with E-state index >= 15 is 0 Å². The predicted molar refractivity (Wildman–Crippen MR) is 102 cm³/mol. The molecule has 138 valence electrons. The molecular weight excluding hydrogens is 348 g/mol. The van der Waals surface area contributed by atoms with E-state index in [4.69, 9.17) is 0 Å². The molecule has 2 N–H and O–H groups in total. The fourth-order valence-electron chi connectivity index (χ4n) is 2.83. The maximum atomic E-state index is 12.5. The normalized spacial score (nSPS) is 16.0. The fraction of sp³-hybridized carbons (Fsp3) is 0.368. The Hall–Kier alpha value is -2.25. The van der Waals surface area contributed by atoms with Gasteiger partial charge in [-0.25, -0.2) is 13.3 Å². The Kier molecular flexibility index (Phi) is 6.74. The molecule has 1 aliphatic rings. The average molecular weight is 372 g/mol. The topological polar surface area (TPSA) is 74.3 Å². The first-order chi connectivity index (χ1) is 12.7. The highest BCUT2D eigenvalue weighted by Crippen LogP contribution is 2.17. The number of aromatic nitrogens is 1. The van der Waals surface area contributed by atoms with Crippen LogP contribution < -0.4 is 10.6 Å². The second-order valence-electron chi connectivity index (χ2n) is 6.28. The van der Waals surface area contributed by atoms with Crippen molar-refractivity contribution >= 4 is 17.0 Å². The molecule has 1 atom stereocenters. The summed E-state index contributed by atoms with van der Waals surface area (Å²) in [7, 11) is -1.09. The molecule has 0 spiro atoms. The number of nitrogens with one attached hydrogen (secondary N) is 2. The lowest BCUT2D eigenvalue weighted by Crippen LogP contribution is -2.34. The van der Waals surface area contributed by atoms with E-state index in [9.17, 15) is 9.00 Å². The fourth-order valence-corrected chi connectivity index (χ4v) is 4.09. The molecule has 6 nitrogen and oxygen atoms in total. The summed E-state index contributed by atoms with van der Waals surface area (Å²) in [5, 5.41) is 5.62. The van der Waals surface area contributed by atoms with Crippen molar-refractivity contribution in [2.75, 3.05) is 13.1 Å². The molecule has 1 aromatic heterocycles. The lowest BCUT2D eigenvalue weighted by molar-refractivity contribution is 0.240. The molecule has 0 radical (unpaired) electrons. The van der Waals surface area contributed by atoms with Crippen molar-refractivity contribution in [1.82, 2.24) is 19.9 Å². The number of carbonyl (C=O) groups excluding carboxylic acids is 1. The lowest BCUT2D eigenvalue weighted by atomic mass is 10.2. The van der Waals surface area contributed by atoms with Gasteiger partial charge in [0, 0.05) is 38.6 Å². The van der Waals surface area contributed by atoms with Crippen LogP contribution in [0.4, 0.5) is 4.79 Å². The number of nitrogens with zero attached hydrogens (tertiary/aromatic N) is 2. The van der Waals surface area contributed by atoms with Gasteiger partial charge in [0.1, 0.15) is 11.0 Å². The Bertz CT molecular complexity index is 731. The van der Waals surface area contributed by atoms with Gasteiger partial charge < -0.3 is 10.6 Å². The van der Waals surface area contributed by atoms with E-state index < -0.39 is 11.0 Å². The lowest BCUT2D eigenvalue weighted by Gasteiger charge is -2.25.